The van der Waals surface area contributed by atoms with E-state index in [9.17, 15) is 0 Å². The molecule has 0 saturated heterocycles. The molecule has 19 heavy (non-hydrogen) atoms. The summed E-state index contributed by atoms with van der Waals surface area (Å²) in [4.78, 5) is 9.18. The lowest BCUT2D eigenvalue weighted by atomic mass is 10.1. The molecule has 3 nitrogen and oxygen atoms in total. The zero-order valence-corrected chi connectivity index (χ0v) is 11.1. The summed E-state index contributed by atoms with van der Waals surface area (Å²) in [5, 5.41) is 3.26. The second-order valence-electron chi connectivity index (χ2n) is 4.91. The molecular weight excluding hydrogens is 234 g/mol. The Hall–Kier alpha value is -2.16. The van der Waals surface area contributed by atoms with E-state index in [0.717, 1.165) is 16.9 Å². The van der Waals surface area contributed by atoms with E-state index in [1.807, 2.05) is 30.3 Å². The third kappa shape index (κ3) is 2.50. The third-order valence-electron chi connectivity index (χ3n) is 3.41. The number of aromatic nitrogens is 2. The Labute approximate surface area is 113 Å². The molecule has 1 fully saturated rings. The van der Waals surface area contributed by atoms with Gasteiger partial charge in [-0.15, -0.1) is 0 Å². The normalized spacial score (nSPS) is 14.2. The van der Waals surface area contributed by atoms with Crippen LogP contribution in [0.3, 0.4) is 0 Å². The van der Waals surface area contributed by atoms with Crippen LogP contribution in [0.5, 0.6) is 0 Å². The number of nitrogens with zero attached hydrogens (tertiary/aromatic N) is 2. The van der Waals surface area contributed by atoms with Gasteiger partial charge in [0, 0.05) is 11.6 Å². The fourth-order valence-corrected chi connectivity index (χ4v) is 2.21. The molecule has 1 N–H and O–H groups in total. The first kappa shape index (κ1) is 11.9. The van der Waals surface area contributed by atoms with Gasteiger partial charge in [-0.25, -0.2) is 9.97 Å². The van der Waals surface area contributed by atoms with Crippen LogP contribution < -0.4 is 5.32 Å². The van der Waals surface area contributed by atoms with Crippen LogP contribution in [0, 0.1) is 6.92 Å². The fraction of sp³-hybridized carbons (Fsp3) is 0.250. The van der Waals surface area contributed by atoms with Crippen LogP contribution in [-0.4, -0.2) is 9.97 Å². The smallest absolute Gasteiger partial charge is 0.227 e. The van der Waals surface area contributed by atoms with E-state index < -0.39 is 0 Å². The summed E-state index contributed by atoms with van der Waals surface area (Å²) in [5.74, 6) is 1.27. The van der Waals surface area contributed by atoms with E-state index in [1.165, 1.54) is 18.5 Å². The van der Waals surface area contributed by atoms with Gasteiger partial charge in [-0.05, 0) is 43.5 Å². The topological polar surface area (TPSA) is 37.8 Å². The average Bonchev–Trinajstić information content (AvgIpc) is 3.26. The molecule has 0 amide bonds. The number of hydrogen-bond donors (Lipinski definition) is 1. The number of rotatable bonds is 4. The summed E-state index contributed by atoms with van der Waals surface area (Å²) in [6.07, 6.45) is 4.28. The average molecular weight is 251 g/mol. The van der Waals surface area contributed by atoms with Gasteiger partial charge in [-0.3, -0.25) is 0 Å². The first-order valence-electron chi connectivity index (χ1n) is 6.61. The van der Waals surface area contributed by atoms with E-state index in [1.54, 1.807) is 6.08 Å². The van der Waals surface area contributed by atoms with Crippen molar-refractivity contribution in [2.45, 2.75) is 25.7 Å². The highest BCUT2D eigenvalue weighted by atomic mass is 15.1. The fourth-order valence-electron chi connectivity index (χ4n) is 2.21. The highest BCUT2D eigenvalue weighted by Crippen LogP contribution is 2.41. The number of anilines is 2. The molecule has 0 bridgehead atoms. The maximum atomic E-state index is 4.67. The van der Waals surface area contributed by atoms with Crippen LogP contribution in [-0.2, 0) is 0 Å². The van der Waals surface area contributed by atoms with Crippen LogP contribution in [0.15, 0.2) is 36.9 Å². The molecule has 1 aliphatic rings. The zero-order valence-electron chi connectivity index (χ0n) is 11.1. The summed E-state index contributed by atoms with van der Waals surface area (Å²) in [6.45, 7) is 5.92. The predicted octanol–water partition coefficient (Wildman–Crippen LogP) is 4.05. The molecule has 2 aromatic rings. The lowest BCUT2D eigenvalue weighted by molar-refractivity contribution is 0.959. The summed E-state index contributed by atoms with van der Waals surface area (Å²) in [6, 6.07) is 9.99. The van der Waals surface area contributed by atoms with Gasteiger partial charge >= 0.3 is 0 Å². The summed E-state index contributed by atoms with van der Waals surface area (Å²) in [7, 11) is 0. The monoisotopic (exact) mass is 251 g/mol. The van der Waals surface area contributed by atoms with Crippen molar-refractivity contribution in [3.63, 3.8) is 0 Å². The first-order chi connectivity index (χ1) is 9.28. The summed E-state index contributed by atoms with van der Waals surface area (Å²) >= 11 is 0. The third-order valence-corrected chi connectivity index (χ3v) is 3.41. The Balaban J connectivity index is 1.97. The molecule has 0 unspecified atom stereocenters. The van der Waals surface area contributed by atoms with Crippen LogP contribution in [0.25, 0.3) is 6.08 Å². The quantitative estimate of drug-likeness (QED) is 0.890. The number of para-hydroxylation sites is 1. The van der Waals surface area contributed by atoms with Crippen molar-refractivity contribution in [1.29, 1.82) is 0 Å². The van der Waals surface area contributed by atoms with Crippen molar-refractivity contribution in [2.75, 3.05) is 5.32 Å². The molecular formula is C16H17N3. The molecule has 3 heteroatoms. The van der Waals surface area contributed by atoms with Crippen LogP contribution in [0.1, 0.15) is 35.7 Å². The van der Waals surface area contributed by atoms with Crippen LogP contribution in [0.2, 0.25) is 0 Å². The molecule has 3 rings (SSSR count). The van der Waals surface area contributed by atoms with Gasteiger partial charge in [0.2, 0.25) is 5.95 Å². The van der Waals surface area contributed by atoms with Gasteiger partial charge in [0.05, 0.1) is 11.4 Å². The minimum Gasteiger partial charge on any atom is -0.324 e. The van der Waals surface area contributed by atoms with Crippen molar-refractivity contribution in [2.24, 2.45) is 0 Å². The zero-order chi connectivity index (χ0) is 13.2. The van der Waals surface area contributed by atoms with E-state index in [2.05, 4.69) is 28.8 Å². The molecule has 96 valence electrons. The Kier molecular flexibility index (Phi) is 3.03. The molecule has 0 atom stereocenters. The molecule has 0 aliphatic heterocycles. The van der Waals surface area contributed by atoms with Gasteiger partial charge < -0.3 is 5.32 Å². The van der Waals surface area contributed by atoms with Gasteiger partial charge in [0.1, 0.15) is 0 Å². The number of nitrogens with one attached hydrogen (secondary N) is 1. The Morgan fingerprint density at radius 2 is 1.95 bits per heavy atom. The SMILES string of the molecule is C=Cc1nc(Nc2ccccc2)nc(C2CC2)c1C. The maximum Gasteiger partial charge on any atom is 0.227 e. The first-order valence-corrected chi connectivity index (χ1v) is 6.61. The Morgan fingerprint density at radius 3 is 2.58 bits per heavy atom. The number of hydrogen-bond acceptors (Lipinski definition) is 3. The second kappa shape index (κ2) is 4.84. The molecule has 1 saturated carbocycles. The lowest BCUT2D eigenvalue weighted by Gasteiger charge is -2.11. The van der Waals surface area contributed by atoms with Crippen LogP contribution >= 0.6 is 0 Å². The largest absolute Gasteiger partial charge is 0.324 e. The molecule has 1 heterocycles. The van der Waals surface area contributed by atoms with Gasteiger partial charge in [0.15, 0.2) is 0 Å². The molecule has 1 aromatic carbocycles. The van der Waals surface area contributed by atoms with Crippen LogP contribution in [0.4, 0.5) is 11.6 Å². The predicted molar refractivity (Wildman–Crippen MR) is 78.6 cm³/mol. The van der Waals surface area contributed by atoms with Gasteiger partial charge in [-0.1, -0.05) is 24.8 Å². The summed E-state index contributed by atoms with van der Waals surface area (Å²) in [5.41, 5.74) is 4.26. The van der Waals surface area contributed by atoms with E-state index in [-0.39, 0.29) is 0 Å². The highest BCUT2D eigenvalue weighted by molar-refractivity contribution is 5.57. The lowest BCUT2D eigenvalue weighted by Crippen LogP contribution is -2.04. The molecule has 1 aliphatic carbocycles. The molecule has 0 radical (unpaired) electrons. The molecule has 0 spiro atoms. The van der Waals surface area contributed by atoms with E-state index in [4.69, 9.17) is 0 Å². The van der Waals surface area contributed by atoms with Crippen molar-refractivity contribution in [3.05, 3.63) is 53.9 Å². The van der Waals surface area contributed by atoms with Crippen molar-refractivity contribution >= 4 is 17.7 Å². The van der Waals surface area contributed by atoms with E-state index >= 15 is 0 Å². The minimum absolute atomic E-state index is 0.609. The highest BCUT2D eigenvalue weighted by Gasteiger charge is 2.28. The second-order valence-corrected chi connectivity index (χ2v) is 4.91. The van der Waals surface area contributed by atoms with E-state index in [0.29, 0.717) is 11.9 Å². The Morgan fingerprint density at radius 1 is 1.21 bits per heavy atom. The van der Waals surface area contributed by atoms with Gasteiger partial charge in [-0.2, -0.15) is 0 Å². The van der Waals surface area contributed by atoms with Crippen molar-refractivity contribution < 1.29 is 0 Å². The van der Waals surface area contributed by atoms with Gasteiger partial charge in [0.25, 0.3) is 0 Å². The van der Waals surface area contributed by atoms with Crippen molar-refractivity contribution in [3.8, 4) is 0 Å². The standard InChI is InChI=1S/C16H17N3/c1-3-14-11(2)15(12-9-10-12)19-16(18-14)17-13-7-5-4-6-8-13/h3-8,12H,1,9-10H2,2H3,(H,17,18,19). The minimum atomic E-state index is 0.609. The summed E-state index contributed by atoms with van der Waals surface area (Å²) < 4.78 is 0. The molecule has 1 aromatic heterocycles. The Bertz CT molecular complexity index is 601. The number of benzene rings is 1. The maximum absolute atomic E-state index is 4.67. The van der Waals surface area contributed by atoms with Crippen molar-refractivity contribution in [1.82, 2.24) is 9.97 Å².